The second-order valence-corrected chi connectivity index (χ2v) is 5.71. The van der Waals surface area contributed by atoms with Crippen molar-refractivity contribution < 1.29 is 15.0 Å². The summed E-state index contributed by atoms with van der Waals surface area (Å²) >= 11 is 0. The molecular weight excluding hydrogens is 258 g/mol. The second kappa shape index (κ2) is 6.22. The van der Waals surface area contributed by atoms with E-state index in [-0.39, 0.29) is 12.2 Å². The van der Waals surface area contributed by atoms with Gasteiger partial charge in [0.1, 0.15) is 5.56 Å². The lowest BCUT2D eigenvalue weighted by Crippen LogP contribution is -2.30. The third kappa shape index (κ3) is 3.10. The smallest absolute Gasteiger partial charge is 0.341 e. The van der Waals surface area contributed by atoms with Gasteiger partial charge in [-0.25, -0.2) is 4.79 Å². The maximum absolute atomic E-state index is 12.2. The summed E-state index contributed by atoms with van der Waals surface area (Å²) in [6.45, 7) is 2.44. The first kappa shape index (κ1) is 14.8. The zero-order valence-electron chi connectivity index (χ0n) is 11.7. The van der Waals surface area contributed by atoms with Gasteiger partial charge in [-0.2, -0.15) is 0 Å². The molecule has 1 aromatic rings. The Morgan fingerprint density at radius 1 is 1.30 bits per heavy atom. The molecule has 1 fully saturated rings. The molecule has 5 heteroatoms. The third-order valence-corrected chi connectivity index (χ3v) is 4.27. The Hall–Kier alpha value is -1.62. The van der Waals surface area contributed by atoms with Gasteiger partial charge in [-0.15, -0.1) is 0 Å². The van der Waals surface area contributed by atoms with Gasteiger partial charge in [0.05, 0.1) is 0 Å². The molecule has 5 nitrogen and oxygen atoms in total. The lowest BCUT2D eigenvalue weighted by Gasteiger charge is -2.27. The molecule has 0 unspecified atom stereocenters. The summed E-state index contributed by atoms with van der Waals surface area (Å²) in [5.74, 6) is -0.388. The van der Waals surface area contributed by atoms with Gasteiger partial charge in [-0.3, -0.25) is 4.79 Å². The predicted molar refractivity (Wildman–Crippen MR) is 74.9 cm³/mol. The number of aliphatic hydroxyl groups excluding tert-OH is 1. The maximum Gasteiger partial charge on any atom is 0.341 e. The van der Waals surface area contributed by atoms with Crippen LogP contribution >= 0.6 is 0 Å². The van der Waals surface area contributed by atoms with Crippen LogP contribution in [0, 0.1) is 18.8 Å². The molecule has 2 rings (SSSR count). The summed E-state index contributed by atoms with van der Waals surface area (Å²) in [5.41, 5.74) is -0.0407. The molecule has 1 heterocycles. The average molecular weight is 279 g/mol. The zero-order valence-corrected chi connectivity index (χ0v) is 11.7. The molecule has 0 aromatic carbocycles. The number of rotatable bonds is 4. The maximum atomic E-state index is 12.2. The zero-order chi connectivity index (χ0) is 14.7. The summed E-state index contributed by atoms with van der Waals surface area (Å²) in [7, 11) is 0. The number of pyridine rings is 1. The first-order valence-electron chi connectivity index (χ1n) is 7.07. The Balaban J connectivity index is 2.13. The standard InChI is InChI=1S/C15H21NO4/c1-10-6-7-16(14(18)13(10)15(19)20)8-11-2-4-12(9-17)5-3-11/h6-7,11-12,17H,2-5,8-9H2,1H3,(H,19,20). The minimum atomic E-state index is -1.16. The highest BCUT2D eigenvalue weighted by atomic mass is 16.4. The number of aryl methyl sites for hydroxylation is 1. The van der Waals surface area contributed by atoms with Gasteiger partial charge < -0.3 is 14.8 Å². The van der Waals surface area contributed by atoms with Gasteiger partial charge in [0, 0.05) is 19.3 Å². The number of aromatic carboxylic acids is 1. The number of carbonyl (C=O) groups is 1. The van der Waals surface area contributed by atoms with Crippen LogP contribution in [0.1, 0.15) is 41.6 Å². The molecule has 0 aliphatic heterocycles. The SMILES string of the molecule is Cc1ccn(CC2CCC(CO)CC2)c(=O)c1C(=O)O. The van der Waals surface area contributed by atoms with Crippen LogP contribution in [-0.4, -0.2) is 27.4 Å². The summed E-state index contributed by atoms with van der Waals surface area (Å²) < 4.78 is 1.51. The molecule has 0 atom stereocenters. The number of carboxylic acids is 1. The number of carboxylic acid groups (broad SMARTS) is 1. The van der Waals surface area contributed by atoms with Crippen molar-refractivity contribution in [1.29, 1.82) is 0 Å². The van der Waals surface area contributed by atoms with Crippen LogP contribution in [0.25, 0.3) is 0 Å². The average Bonchev–Trinajstić information content (AvgIpc) is 2.42. The van der Waals surface area contributed by atoms with Crippen LogP contribution < -0.4 is 5.56 Å². The highest BCUT2D eigenvalue weighted by molar-refractivity contribution is 5.88. The molecule has 1 aliphatic rings. The molecule has 20 heavy (non-hydrogen) atoms. The number of aromatic nitrogens is 1. The van der Waals surface area contributed by atoms with E-state index in [0.29, 0.717) is 23.9 Å². The number of nitrogens with zero attached hydrogens (tertiary/aromatic N) is 1. The van der Waals surface area contributed by atoms with Crippen LogP contribution in [0.2, 0.25) is 0 Å². The Bertz CT molecular complexity index is 541. The first-order chi connectivity index (χ1) is 9.52. The fraction of sp³-hybridized carbons (Fsp3) is 0.600. The van der Waals surface area contributed by atoms with Crippen molar-refractivity contribution in [2.75, 3.05) is 6.61 Å². The fourth-order valence-corrected chi connectivity index (χ4v) is 2.94. The van der Waals surface area contributed by atoms with E-state index in [1.54, 1.807) is 19.2 Å². The van der Waals surface area contributed by atoms with E-state index in [9.17, 15) is 9.59 Å². The monoisotopic (exact) mass is 279 g/mol. The molecule has 1 saturated carbocycles. The lowest BCUT2D eigenvalue weighted by atomic mass is 9.82. The van der Waals surface area contributed by atoms with Gasteiger partial charge in [-0.05, 0) is 56.1 Å². The molecule has 1 aliphatic carbocycles. The van der Waals surface area contributed by atoms with Crippen LogP contribution in [0.5, 0.6) is 0 Å². The molecule has 0 spiro atoms. The van der Waals surface area contributed by atoms with Crippen molar-refractivity contribution in [2.24, 2.45) is 11.8 Å². The third-order valence-electron chi connectivity index (χ3n) is 4.27. The van der Waals surface area contributed by atoms with Crippen molar-refractivity contribution >= 4 is 5.97 Å². The van der Waals surface area contributed by atoms with Crippen molar-refractivity contribution in [3.8, 4) is 0 Å². The molecule has 110 valence electrons. The Labute approximate surface area is 117 Å². The molecule has 0 amide bonds. The van der Waals surface area contributed by atoms with Crippen molar-refractivity contribution in [1.82, 2.24) is 4.57 Å². The molecule has 0 saturated heterocycles. The molecule has 0 radical (unpaired) electrons. The van der Waals surface area contributed by atoms with Gasteiger partial charge in [0.15, 0.2) is 0 Å². The van der Waals surface area contributed by atoms with E-state index in [4.69, 9.17) is 10.2 Å². The van der Waals surface area contributed by atoms with E-state index in [1.807, 2.05) is 0 Å². The summed E-state index contributed by atoms with van der Waals surface area (Å²) in [6.07, 6.45) is 5.60. The molecular formula is C15H21NO4. The van der Waals surface area contributed by atoms with Gasteiger partial charge >= 0.3 is 5.97 Å². The van der Waals surface area contributed by atoms with E-state index in [2.05, 4.69) is 0 Å². The Morgan fingerprint density at radius 2 is 1.90 bits per heavy atom. The molecule has 0 bridgehead atoms. The first-order valence-corrected chi connectivity index (χ1v) is 7.07. The van der Waals surface area contributed by atoms with Gasteiger partial charge in [0.25, 0.3) is 5.56 Å². The van der Waals surface area contributed by atoms with Gasteiger partial charge in [-0.1, -0.05) is 0 Å². The lowest BCUT2D eigenvalue weighted by molar-refractivity contribution is 0.0693. The summed E-state index contributed by atoms with van der Waals surface area (Å²) in [6, 6.07) is 1.68. The quantitative estimate of drug-likeness (QED) is 0.878. The highest BCUT2D eigenvalue weighted by Crippen LogP contribution is 2.29. The van der Waals surface area contributed by atoms with Crippen LogP contribution in [-0.2, 0) is 6.54 Å². The molecule has 1 aromatic heterocycles. The minimum absolute atomic E-state index is 0.128. The summed E-state index contributed by atoms with van der Waals surface area (Å²) in [4.78, 5) is 23.3. The van der Waals surface area contributed by atoms with Gasteiger partial charge in [0.2, 0.25) is 0 Å². The fourth-order valence-electron chi connectivity index (χ4n) is 2.94. The second-order valence-electron chi connectivity index (χ2n) is 5.71. The highest BCUT2D eigenvalue weighted by Gasteiger charge is 2.22. The normalized spacial score (nSPS) is 22.7. The van der Waals surface area contributed by atoms with E-state index in [1.165, 1.54) is 4.57 Å². The number of hydrogen-bond donors (Lipinski definition) is 2. The van der Waals surface area contributed by atoms with E-state index >= 15 is 0 Å². The minimum Gasteiger partial charge on any atom is -0.477 e. The van der Waals surface area contributed by atoms with Crippen molar-refractivity contribution in [3.05, 3.63) is 33.7 Å². The van der Waals surface area contributed by atoms with Crippen molar-refractivity contribution in [3.63, 3.8) is 0 Å². The largest absolute Gasteiger partial charge is 0.477 e. The number of hydrogen-bond acceptors (Lipinski definition) is 3. The van der Waals surface area contributed by atoms with Crippen LogP contribution in [0.15, 0.2) is 17.1 Å². The predicted octanol–water partition coefficient (Wildman–Crippen LogP) is 1.65. The Kier molecular flexibility index (Phi) is 4.60. The Morgan fingerprint density at radius 3 is 2.45 bits per heavy atom. The van der Waals surface area contributed by atoms with E-state index in [0.717, 1.165) is 25.7 Å². The topological polar surface area (TPSA) is 79.5 Å². The number of aliphatic hydroxyl groups is 1. The van der Waals surface area contributed by atoms with E-state index < -0.39 is 11.5 Å². The molecule has 2 N–H and O–H groups in total. The van der Waals surface area contributed by atoms with Crippen molar-refractivity contribution in [2.45, 2.75) is 39.2 Å². The summed E-state index contributed by atoms with van der Waals surface area (Å²) in [5, 5.41) is 18.2. The van der Waals surface area contributed by atoms with Crippen LogP contribution in [0.4, 0.5) is 0 Å². The van der Waals surface area contributed by atoms with Crippen LogP contribution in [0.3, 0.4) is 0 Å².